The summed E-state index contributed by atoms with van der Waals surface area (Å²) in [7, 11) is 0. The van der Waals surface area contributed by atoms with Gasteiger partial charge < -0.3 is 9.88 Å². The summed E-state index contributed by atoms with van der Waals surface area (Å²) in [5.41, 5.74) is 1.58. The summed E-state index contributed by atoms with van der Waals surface area (Å²) in [5, 5.41) is 2.92. The Balaban J connectivity index is 1.67. The van der Waals surface area contributed by atoms with E-state index in [1.165, 1.54) is 6.42 Å². The van der Waals surface area contributed by atoms with Gasteiger partial charge in [0.05, 0.1) is 0 Å². The van der Waals surface area contributed by atoms with Gasteiger partial charge in [0.1, 0.15) is 11.5 Å². The van der Waals surface area contributed by atoms with Gasteiger partial charge in [0.2, 0.25) is 0 Å². The van der Waals surface area contributed by atoms with Crippen LogP contribution in [0.25, 0.3) is 0 Å². The van der Waals surface area contributed by atoms with E-state index in [1.54, 1.807) is 0 Å². The molecule has 0 spiro atoms. The summed E-state index contributed by atoms with van der Waals surface area (Å²) in [6.07, 6.45) is 5.16. The van der Waals surface area contributed by atoms with E-state index in [0.29, 0.717) is 12.2 Å². The predicted octanol–water partition coefficient (Wildman–Crippen LogP) is 2.91. The van der Waals surface area contributed by atoms with Crippen molar-refractivity contribution in [3.8, 4) is 0 Å². The molecular formula is C15H16BrN3O. The van der Waals surface area contributed by atoms with E-state index in [4.69, 9.17) is 0 Å². The van der Waals surface area contributed by atoms with Crippen molar-refractivity contribution in [3.63, 3.8) is 0 Å². The van der Waals surface area contributed by atoms with Crippen molar-refractivity contribution in [2.75, 3.05) is 0 Å². The number of fused-ring (bicyclic) bond motifs is 1. The van der Waals surface area contributed by atoms with Crippen molar-refractivity contribution in [1.82, 2.24) is 14.9 Å². The first-order chi connectivity index (χ1) is 9.74. The SMILES string of the molecule is O=C(NCc1ccccc1Br)c1cn2c(n1)CCCC2. The number of carbonyl (C=O) groups is 1. The number of nitrogens with zero attached hydrogens (tertiary/aromatic N) is 2. The van der Waals surface area contributed by atoms with E-state index in [0.717, 1.165) is 35.2 Å². The highest BCUT2D eigenvalue weighted by molar-refractivity contribution is 9.10. The molecule has 1 amide bonds. The van der Waals surface area contributed by atoms with Crippen LogP contribution in [0.3, 0.4) is 0 Å². The van der Waals surface area contributed by atoms with E-state index in [2.05, 4.69) is 30.8 Å². The number of imidazole rings is 1. The van der Waals surface area contributed by atoms with Crippen LogP contribution >= 0.6 is 15.9 Å². The Morgan fingerprint density at radius 2 is 2.20 bits per heavy atom. The van der Waals surface area contributed by atoms with Gasteiger partial charge in [0, 0.05) is 30.2 Å². The van der Waals surface area contributed by atoms with Gasteiger partial charge >= 0.3 is 0 Å². The molecule has 0 atom stereocenters. The molecule has 0 fully saturated rings. The first-order valence-corrected chi connectivity index (χ1v) is 7.61. The van der Waals surface area contributed by atoms with Crippen molar-refractivity contribution in [2.45, 2.75) is 32.4 Å². The number of halogens is 1. The molecule has 4 nitrogen and oxygen atoms in total. The van der Waals surface area contributed by atoms with Crippen LogP contribution in [0.4, 0.5) is 0 Å². The van der Waals surface area contributed by atoms with Crippen molar-refractivity contribution in [1.29, 1.82) is 0 Å². The first kappa shape index (κ1) is 13.4. The third kappa shape index (κ3) is 2.77. The number of hydrogen-bond donors (Lipinski definition) is 1. The molecule has 1 aliphatic heterocycles. The molecule has 0 aliphatic carbocycles. The molecule has 0 saturated heterocycles. The van der Waals surface area contributed by atoms with E-state index >= 15 is 0 Å². The fourth-order valence-electron chi connectivity index (χ4n) is 2.43. The lowest BCUT2D eigenvalue weighted by Gasteiger charge is -2.11. The second-order valence-electron chi connectivity index (χ2n) is 4.97. The van der Waals surface area contributed by atoms with Crippen molar-refractivity contribution >= 4 is 21.8 Å². The molecule has 0 radical (unpaired) electrons. The van der Waals surface area contributed by atoms with Crippen LogP contribution in [0.5, 0.6) is 0 Å². The Kier molecular flexibility index (Phi) is 3.87. The molecular weight excluding hydrogens is 318 g/mol. The molecule has 3 rings (SSSR count). The zero-order valence-corrected chi connectivity index (χ0v) is 12.7. The highest BCUT2D eigenvalue weighted by Gasteiger charge is 2.16. The number of benzene rings is 1. The topological polar surface area (TPSA) is 46.9 Å². The second-order valence-corrected chi connectivity index (χ2v) is 5.82. The van der Waals surface area contributed by atoms with Crippen LogP contribution < -0.4 is 5.32 Å². The Morgan fingerprint density at radius 1 is 1.35 bits per heavy atom. The van der Waals surface area contributed by atoms with Gasteiger partial charge in [-0.1, -0.05) is 34.1 Å². The second kappa shape index (κ2) is 5.79. The number of rotatable bonds is 3. The summed E-state index contributed by atoms with van der Waals surface area (Å²) < 4.78 is 3.10. The number of carbonyl (C=O) groups excluding carboxylic acids is 1. The molecule has 5 heteroatoms. The van der Waals surface area contributed by atoms with E-state index in [1.807, 2.05) is 30.5 Å². The van der Waals surface area contributed by atoms with Crippen LogP contribution in [0.1, 0.15) is 34.7 Å². The Hall–Kier alpha value is -1.62. The standard InChI is InChI=1S/C15H16BrN3O/c16-12-6-2-1-5-11(12)9-17-15(20)13-10-19-8-4-3-7-14(19)18-13/h1-2,5-6,10H,3-4,7-9H2,(H,17,20). The lowest BCUT2D eigenvalue weighted by Crippen LogP contribution is -2.23. The average Bonchev–Trinajstić information content (AvgIpc) is 2.90. The highest BCUT2D eigenvalue weighted by atomic mass is 79.9. The maximum Gasteiger partial charge on any atom is 0.271 e. The minimum atomic E-state index is -0.109. The maximum atomic E-state index is 12.1. The van der Waals surface area contributed by atoms with Gasteiger partial charge in [0.25, 0.3) is 5.91 Å². The quantitative estimate of drug-likeness (QED) is 0.938. The minimum Gasteiger partial charge on any atom is -0.347 e. The third-order valence-corrected chi connectivity index (χ3v) is 4.31. The summed E-state index contributed by atoms with van der Waals surface area (Å²) >= 11 is 3.48. The van der Waals surface area contributed by atoms with Gasteiger partial charge in [-0.3, -0.25) is 4.79 Å². The largest absolute Gasteiger partial charge is 0.347 e. The van der Waals surface area contributed by atoms with Crippen LogP contribution in [-0.4, -0.2) is 15.5 Å². The third-order valence-electron chi connectivity index (χ3n) is 3.54. The number of hydrogen-bond acceptors (Lipinski definition) is 2. The lowest BCUT2D eigenvalue weighted by molar-refractivity contribution is 0.0946. The van der Waals surface area contributed by atoms with Crippen molar-refractivity contribution in [2.24, 2.45) is 0 Å². The van der Waals surface area contributed by atoms with Crippen LogP contribution in [-0.2, 0) is 19.5 Å². The molecule has 104 valence electrons. The van der Waals surface area contributed by atoms with E-state index in [-0.39, 0.29) is 5.91 Å². The zero-order valence-electron chi connectivity index (χ0n) is 11.1. The van der Waals surface area contributed by atoms with E-state index in [9.17, 15) is 4.79 Å². The molecule has 0 saturated carbocycles. The number of aryl methyl sites for hydroxylation is 2. The molecule has 1 aromatic heterocycles. The lowest BCUT2D eigenvalue weighted by atomic mass is 10.2. The van der Waals surface area contributed by atoms with Gasteiger partial charge in [-0.2, -0.15) is 0 Å². The van der Waals surface area contributed by atoms with Crippen LogP contribution in [0.2, 0.25) is 0 Å². The predicted molar refractivity (Wildman–Crippen MR) is 80.5 cm³/mol. The van der Waals surface area contributed by atoms with Gasteiger partial charge in [-0.25, -0.2) is 4.98 Å². The normalized spacial score (nSPS) is 13.8. The van der Waals surface area contributed by atoms with Crippen LogP contribution in [0.15, 0.2) is 34.9 Å². The summed E-state index contributed by atoms with van der Waals surface area (Å²) in [5.74, 6) is 0.921. The van der Waals surface area contributed by atoms with Crippen molar-refractivity contribution < 1.29 is 4.79 Å². The summed E-state index contributed by atoms with van der Waals surface area (Å²) in [6, 6.07) is 7.87. The van der Waals surface area contributed by atoms with Crippen LogP contribution in [0, 0.1) is 0 Å². The molecule has 1 N–H and O–H groups in total. The monoisotopic (exact) mass is 333 g/mol. The van der Waals surface area contributed by atoms with E-state index < -0.39 is 0 Å². The fourth-order valence-corrected chi connectivity index (χ4v) is 2.85. The molecule has 2 heterocycles. The molecule has 0 bridgehead atoms. The first-order valence-electron chi connectivity index (χ1n) is 6.82. The minimum absolute atomic E-state index is 0.109. The fraction of sp³-hybridized carbons (Fsp3) is 0.333. The zero-order chi connectivity index (χ0) is 13.9. The molecule has 20 heavy (non-hydrogen) atoms. The van der Waals surface area contributed by atoms with Gasteiger partial charge in [-0.15, -0.1) is 0 Å². The summed E-state index contributed by atoms with van der Waals surface area (Å²) in [4.78, 5) is 16.6. The summed E-state index contributed by atoms with van der Waals surface area (Å²) in [6.45, 7) is 1.47. The Morgan fingerprint density at radius 3 is 3.00 bits per heavy atom. The maximum absolute atomic E-state index is 12.1. The number of nitrogens with one attached hydrogen (secondary N) is 1. The Labute approximate surface area is 126 Å². The number of amides is 1. The molecule has 0 unspecified atom stereocenters. The highest BCUT2D eigenvalue weighted by Crippen LogP contribution is 2.16. The number of aromatic nitrogens is 2. The Bertz CT molecular complexity index is 612. The smallest absolute Gasteiger partial charge is 0.271 e. The molecule has 1 aliphatic rings. The van der Waals surface area contributed by atoms with Gasteiger partial charge in [-0.05, 0) is 24.5 Å². The molecule has 1 aromatic carbocycles. The molecule has 2 aromatic rings. The van der Waals surface area contributed by atoms with Crippen molar-refractivity contribution in [3.05, 3.63) is 52.0 Å². The van der Waals surface area contributed by atoms with Gasteiger partial charge in [0.15, 0.2) is 0 Å². The average molecular weight is 334 g/mol.